The van der Waals surface area contributed by atoms with Crippen molar-refractivity contribution >= 4 is 17.8 Å². The van der Waals surface area contributed by atoms with E-state index in [4.69, 9.17) is 0 Å². The van der Waals surface area contributed by atoms with Gasteiger partial charge in [0.25, 0.3) is 5.91 Å². The number of carbonyl (C=O) groups excluding carboxylic acids is 3. The van der Waals surface area contributed by atoms with Gasteiger partial charge in [0.2, 0.25) is 5.91 Å². The molecule has 1 aromatic carbocycles. The van der Waals surface area contributed by atoms with Crippen molar-refractivity contribution in [2.75, 3.05) is 13.1 Å². The van der Waals surface area contributed by atoms with Crippen LogP contribution in [0, 0.1) is 11.7 Å². The van der Waals surface area contributed by atoms with Crippen LogP contribution in [0.15, 0.2) is 24.3 Å². The van der Waals surface area contributed by atoms with Crippen molar-refractivity contribution in [1.82, 2.24) is 15.5 Å². The first-order valence-electron chi connectivity index (χ1n) is 9.65. The number of hydrogen-bond acceptors (Lipinski definition) is 3. The van der Waals surface area contributed by atoms with Gasteiger partial charge in [0, 0.05) is 19.5 Å². The van der Waals surface area contributed by atoms with Crippen molar-refractivity contribution in [2.24, 2.45) is 5.92 Å². The predicted molar refractivity (Wildman–Crippen MR) is 96.3 cm³/mol. The lowest BCUT2D eigenvalue weighted by molar-refractivity contribution is -0.133. The molecule has 1 atom stereocenters. The molecule has 2 N–H and O–H groups in total. The number of amides is 4. The third-order valence-electron chi connectivity index (χ3n) is 6.14. The molecule has 0 bridgehead atoms. The summed E-state index contributed by atoms with van der Waals surface area (Å²) in [6.45, 7) is 1.27. The van der Waals surface area contributed by atoms with Crippen LogP contribution in [0.3, 0.4) is 0 Å². The Morgan fingerprint density at radius 1 is 1.19 bits per heavy atom. The number of carbonyl (C=O) groups is 3. The van der Waals surface area contributed by atoms with Crippen LogP contribution < -0.4 is 10.6 Å². The largest absolute Gasteiger partial charge is 0.343 e. The number of likely N-dealkylation sites (tertiary alicyclic amines) is 1. The zero-order valence-electron chi connectivity index (χ0n) is 15.2. The number of nitrogens with zero attached hydrogens (tertiary/aromatic N) is 1. The molecule has 6 nitrogen and oxygen atoms in total. The Morgan fingerprint density at radius 3 is 2.52 bits per heavy atom. The first-order valence-corrected chi connectivity index (χ1v) is 9.65. The summed E-state index contributed by atoms with van der Waals surface area (Å²) in [7, 11) is 0. The van der Waals surface area contributed by atoms with E-state index in [0.29, 0.717) is 19.5 Å². The van der Waals surface area contributed by atoms with Gasteiger partial charge in [-0.3, -0.25) is 14.9 Å². The minimum Gasteiger partial charge on any atom is -0.343 e. The lowest BCUT2D eigenvalue weighted by Gasteiger charge is -2.33. The topological polar surface area (TPSA) is 78.5 Å². The molecule has 1 aromatic rings. The van der Waals surface area contributed by atoms with E-state index in [0.717, 1.165) is 31.2 Å². The van der Waals surface area contributed by atoms with E-state index < -0.39 is 11.6 Å². The number of rotatable bonds is 5. The molecule has 7 heteroatoms. The summed E-state index contributed by atoms with van der Waals surface area (Å²) in [6.07, 6.45) is 4.01. The highest BCUT2D eigenvalue weighted by molar-refractivity contribution is 6.07. The van der Waals surface area contributed by atoms with Crippen molar-refractivity contribution in [2.45, 2.75) is 50.0 Å². The molecule has 3 aliphatic rings. The third kappa shape index (κ3) is 3.55. The molecule has 3 fully saturated rings. The molecule has 1 saturated carbocycles. The predicted octanol–water partition coefficient (Wildman–Crippen LogP) is 2.30. The Morgan fingerprint density at radius 2 is 1.93 bits per heavy atom. The van der Waals surface area contributed by atoms with Crippen molar-refractivity contribution in [1.29, 1.82) is 0 Å². The van der Waals surface area contributed by atoms with Gasteiger partial charge in [-0.05, 0) is 61.6 Å². The van der Waals surface area contributed by atoms with E-state index in [1.165, 1.54) is 6.07 Å². The van der Waals surface area contributed by atoms with E-state index in [1.54, 1.807) is 12.1 Å². The van der Waals surface area contributed by atoms with Crippen LogP contribution >= 0.6 is 0 Å². The van der Waals surface area contributed by atoms with Gasteiger partial charge in [-0.1, -0.05) is 12.1 Å². The molecular formula is C20H24FN3O3. The van der Waals surface area contributed by atoms with Gasteiger partial charge in [-0.25, -0.2) is 9.18 Å². The average Bonchev–Trinajstić information content (AvgIpc) is 3.46. The van der Waals surface area contributed by atoms with Crippen LogP contribution in [0.5, 0.6) is 0 Å². The fourth-order valence-corrected chi connectivity index (χ4v) is 4.43. The van der Waals surface area contributed by atoms with Crippen molar-refractivity contribution in [3.63, 3.8) is 0 Å². The summed E-state index contributed by atoms with van der Waals surface area (Å²) in [5, 5.41) is 5.08. The maximum absolute atomic E-state index is 13.4. The summed E-state index contributed by atoms with van der Waals surface area (Å²) in [5.41, 5.74) is 0.0761. The second-order valence-electron chi connectivity index (χ2n) is 7.86. The monoisotopic (exact) mass is 373 g/mol. The van der Waals surface area contributed by atoms with Gasteiger partial charge in [0.1, 0.15) is 11.4 Å². The van der Waals surface area contributed by atoms with Gasteiger partial charge in [0.15, 0.2) is 0 Å². The number of hydrogen-bond donors (Lipinski definition) is 2. The zero-order chi connectivity index (χ0) is 19.0. The molecule has 27 heavy (non-hydrogen) atoms. The van der Waals surface area contributed by atoms with E-state index in [1.807, 2.05) is 11.0 Å². The van der Waals surface area contributed by atoms with Gasteiger partial charge >= 0.3 is 6.03 Å². The molecular weight excluding hydrogens is 349 g/mol. The van der Waals surface area contributed by atoms with E-state index in [9.17, 15) is 18.8 Å². The minimum atomic E-state index is -0.910. The van der Waals surface area contributed by atoms with Crippen molar-refractivity contribution in [3.8, 4) is 0 Å². The molecule has 2 aliphatic heterocycles. The Labute approximate surface area is 157 Å². The van der Waals surface area contributed by atoms with Gasteiger partial charge in [-0.15, -0.1) is 0 Å². The van der Waals surface area contributed by atoms with Gasteiger partial charge in [0.05, 0.1) is 0 Å². The smallest absolute Gasteiger partial charge is 0.322 e. The minimum absolute atomic E-state index is 0.0154. The standard InChI is InChI=1S/C20H24FN3O3/c21-16-3-1-2-14(12-16)13-7-10-24(11-8-13)17(25)6-9-20(15-4-5-15)18(26)22-19(27)23-20/h1-3,12-13,15H,4-11H2,(H2,22,23,26,27). The second kappa shape index (κ2) is 6.94. The summed E-state index contributed by atoms with van der Waals surface area (Å²) in [4.78, 5) is 38.3. The van der Waals surface area contributed by atoms with E-state index in [-0.39, 0.29) is 35.9 Å². The normalized spacial score (nSPS) is 26.0. The maximum atomic E-state index is 13.4. The highest BCUT2D eigenvalue weighted by Crippen LogP contribution is 2.44. The molecule has 1 unspecified atom stereocenters. The van der Waals surface area contributed by atoms with Crippen LogP contribution in [-0.4, -0.2) is 41.4 Å². The Balaban J connectivity index is 1.32. The molecule has 0 radical (unpaired) electrons. The summed E-state index contributed by atoms with van der Waals surface area (Å²) < 4.78 is 13.4. The average molecular weight is 373 g/mol. The van der Waals surface area contributed by atoms with Gasteiger partial charge in [-0.2, -0.15) is 0 Å². The first kappa shape index (κ1) is 17.9. The molecule has 2 saturated heterocycles. The fourth-order valence-electron chi connectivity index (χ4n) is 4.43. The lowest BCUT2D eigenvalue weighted by Crippen LogP contribution is -2.50. The SMILES string of the molecule is O=C1NC(=O)C(CCC(=O)N2CCC(c3cccc(F)c3)CC2)(C2CC2)N1. The van der Waals surface area contributed by atoms with Crippen LogP contribution in [-0.2, 0) is 9.59 Å². The van der Waals surface area contributed by atoms with E-state index in [2.05, 4.69) is 10.6 Å². The van der Waals surface area contributed by atoms with Crippen LogP contribution in [0.25, 0.3) is 0 Å². The number of halogens is 1. The molecule has 1 aliphatic carbocycles. The highest BCUT2D eigenvalue weighted by Gasteiger charge is 2.55. The van der Waals surface area contributed by atoms with E-state index >= 15 is 0 Å². The number of benzene rings is 1. The summed E-state index contributed by atoms with van der Waals surface area (Å²) in [6, 6.07) is 6.21. The number of piperidine rings is 1. The second-order valence-corrected chi connectivity index (χ2v) is 7.86. The molecule has 4 rings (SSSR count). The van der Waals surface area contributed by atoms with Gasteiger partial charge < -0.3 is 10.2 Å². The highest BCUT2D eigenvalue weighted by atomic mass is 19.1. The lowest BCUT2D eigenvalue weighted by atomic mass is 9.87. The quantitative estimate of drug-likeness (QED) is 0.778. The fraction of sp³-hybridized carbons (Fsp3) is 0.550. The first-order chi connectivity index (χ1) is 13.0. The Hall–Kier alpha value is -2.44. The van der Waals surface area contributed by atoms with Crippen LogP contribution in [0.4, 0.5) is 9.18 Å². The number of urea groups is 1. The van der Waals surface area contributed by atoms with Crippen LogP contribution in [0.2, 0.25) is 0 Å². The molecule has 144 valence electrons. The Kier molecular flexibility index (Phi) is 4.61. The molecule has 4 amide bonds. The number of imide groups is 1. The number of nitrogens with one attached hydrogen (secondary N) is 2. The van der Waals surface area contributed by atoms with Crippen molar-refractivity contribution < 1.29 is 18.8 Å². The molecule has 0 spiro atoms. The maximum Gasteiger partial charge on any atom is 0.322 e. The third-order valence-corrected chi connectivity index (χ3v) is 6.14. The van der Waals surface area contributed by atoms with Crippen LogP contribution in [0.1, 0.15) is 50.0 Å². The molecule has 2 heterocycles. The zero-order valence-corrected chi connectivity index (χ0v) is 15.2. The Bertz CT molecular complexity index is 771. The molecule has 0 aromatic heterocycles. The van der Waals surface area contributed by atoms with Crippen molar-refractivity contribution in [3.05, 3.63) is 35.6 Å². The summed E-state index contributed by atoms with van der Waals surface area (Å²) >= 11 is 0. The summed E-state index contributed by atoms with van der Waals surface area (Å²) in [5.74, 6) is -0.111.